The Hall–Kier alpha value is -0.530. The fourth-order valence-electron chi connectivity index (χ4n) is 1.95. The quantitative estimate of drug-likeness (QED) is 0.499. The van der Waals surface area contributed by atoms with Crippen LogP contribution in [0.2, 0.25) is 0 Å². The van der Waals surface area contributed by atoms with E-state index in [-0.39, 0.29) is 12.1 Å². The van der Waals surface area contributed by atoms with Gasteiger partial charge in [0, 0.05) is 6.42 Å². The van der Waals surface area contributed by atoms with Crippen molar-refractivity contribution in [2.75, 3.05) is 0 Å². The summed E-state index contributed by atoms with van der Waals surface area (Å²) in [4.78, 5) is 11.2. The number of cyclic esters (lactones) is 1. The van der Waals surface area contributed by atoms with Crippen molar-refractivity contribution in [1.29, 1.82) is 0 Å². The van der Waals surface area contributed by atoms with E-state index in [0.29, 0.717) is 6.42 Å². The molecular formula is C12H22O2. The topological polar surface area (TPSA) is 26.3 Å². The van der Waals surface area contributed by atoms with Crippen LogP contribution in [0, 0.1) is 0 Å². The molecule has 0 aliphatic carbocycles. The summed E-state index contributed by atoms with van der Waals surface area (Å²) < 4.78 is 5.35. The average molecular weight is 198 g/mol. The third-order valence-electron chi connectivity index (χ3n) is 2.83. The molecule has 0 radical (unpaired) electrons. The van der Waals surface area contributed by atoms with Gasteiger partial charge in [-0.1, -0.05) is 26.2 Å². The van der Waals surface area contributed by atoms with Crippen molar-refractivity contribution in [2.45, 2.75) is 70.8 Å². The highest BCUT2D eigenvalue weighted by molar-refractivity contribution is 5.69. The van der Waals surface area contributed by atoms with E-state index >= 15 is 0 Å². The maximum atomic E-state index is 11.2. The number of hydrogen-bond donors (Lipinski definition) is 0. The number of hydrogen-bond acceptors (Lipinski definition) is 2. The lowest BCUT2D eigenvalue weighted by molar-refractivity contribution is -0.148. The molecule has 82 valence electrons. The lowest BCUT2D eigenvalue weighted by Gasteiger charge is -2.14. The highest BCUT2D eigenvalue weighted by atomic mass is 16.5. The average Bonchev–Trinajstić information content (AvgIpc) is 2.38. The zero-order valence-electron chi connectivity index (χ0n) is 9.26. The first-order valence-electron chi connectivity index (χ1n) is 6.02. The standard InChI is InChI=1S/C12H22O2/c1-2-3-4-5-8-11-9-6-7-10-12(13)14-11/h11H,2-10H2,1H3/t11-/m1/s1. The minimum Gasteiger partial charge on any atom is -0.462 e. The molecule has 1 aliphatic heterocycles. The van der Waals surface area contributed by atoms with Crippen molar-refractivity contribution in [3.63, 3.8) is 0 Å². The molecule has 0 unspecified atom stereocenters. The Morgan fingerprint density at radius 3 is 2.93 bits per heavy atom. The molecule has 1 rings (SSSR count). The Balaban J connectivity index is 2.12. The predicted octanol–water partition coefficient (Wildman–Crippen LogP) is 3.44. The van der Waals surface area contributed by atoms with Crippen molar-refractivity contribution in [2.24, 2.45) is 0 Å². The van der Waals surface area contributed by atoms with Gasteiger partial charge >= 0.3 is 5.97 Å². The second-order valence-electron chi connectivity index (χ2n) is 4.21. The summed E-state index contributed by atoms with van der Waals surface area (Å²) in [5.74, 6) is 0.0167. The zero-order chi connectivity index (χ0) is 10.2. The second kappa shape index (κ2) is 6.86. The van der Waals surface area contributed by atoms with Gasteiger partial charge in [0.25, 0.3) is 0 Å². The maximum Gasteiger partial charge on any atom is 0.306 e. The summed E-state index contributed by atoms with van der Waals surface area (Å²) >= 11 is 0. The van der Waals surface area contributed by atoms with Crippen LogP contribution in [-0.2, 0) is 9.53 Å². The summed E-state index contributed by atoms with van der Waals surface area (Å²) in [7, 11) is 0. The Bertz CT molecular complexity index is 166. The molecule has 1 atom stereocenters. The van der Waals surface area contributed by atoms with Crippen molar-refractivity contribution in [3.05, 3.63) is 0 Å². The van der Waals surface area contributed by atoms with Crippen LogP contribution in [-0.4, -0.2) is 12.1 Å². The van der Waals surface area contributed by atoms with E-state index in [4.69, 9.17) is 4.74 Å². The monoisotopic (exact) mass is 198 g/mol. The van der Waals surface area contributed by atoms with E-state index < -0.39 is 0 Å². The molecule has 1 saturated heterocycles. The summed E-state index contributed by atoms with van der Waals surface area (Å²) in [5, 5.41) is 0. The molecular weight excluding hydrogens is 176 g/mol. The number of esters is 1. The SMILES string of the molecule is CCCCCC[C@@H]1CCCCC(=O)O1. The predicted molar refractivity (Wildman–Crippen MR) is 57.1 cm³/mol. The van der Waals surface area contributed by atoms with E-state index in [0.717, 1.165) is 25.7 Å². The summed E-state index contributed by atoms with van der Waals surface area (Å²) in [5.41, 5.74) is 0. The molecule has 1 heterocycles. The molecule has 1 fully saturated rings. The van der Waals surface area contributed by atoms with Crippen LogP contribution in [0.25, 0.3) is 0 Å². The van der Waals surface area contributed by atoms with E-state index in [9.17, 15) is 4.79 Å². The van der Waals surface area contributed by atoms with Crippen LogP contribution in [0.3, 0.4) is 0 Å². The number of ether oxygens (including phenoxy) is 1. The minimum absolute atomic E-state index is 0.0167. The van der Waals surface area contributed by atoms with E-state index in [1.54, 1.807) is 0 Å². The molecule has 0 aromatic rings. The number of unbranched alkanes of at least 4 members (excludes halogenated alkanes) is 3. The van der Waals surface area contributed by atoms with Crippen molar-refractivity contribution in [3.8, 4) is 0 Å². The van der Waals surface area contributed by atoms with E-state index in [1.165, 1.54) is 25.7 Å². The van der Waals surface area contributed by atoms with Gasteiger partial charge in [-0.15, -0.1) is 0 Å². The molecule has 2 heteroatoms. The molecule has 0 spiro atoms. The van der Waals surface area contributed by atoms with Crippen LogP contribution in [0.15, 0.2) is 0 Å². The molecule has 0 bridgehead atoms. The fraction of sp³-hybridized carbons (Fsp3) is 0.917. The number of rotatable bonds is 5. The highest BCUT2D eigenvalue weighted by Crippen LogP contribution is 2.19. The smallest absolute Gasteiger partial charge is 0.306 e. The molecule has 0 N–H and O–H groups in total. The van der Waals surface area contributed by atoms with Gasteiger partial charge in [0.2, 0.25) is 0 Å². The van der Waals surface area contributed by atoms with Crippen LogP contribution in [0.4, 0.5) is 0 Å². The van der Waals surface area contributed by atoms with Gasteiger partial charge in [-0.25, -0.2) is 0 Å². The second-order valence-corrected chi connectivity index (χ2v) is 4.21. The van der Waals surface area contributed by atoms with Crippen LogP contribution in [0.5, 0.6) is 0 Å². The largest absolute Gasteiger partial charge is 0.462 e. The first kappa shape index (κ1) is 11.5. The molecule has 2 nitrogen and oxygen atoms in total. The first-order chi connectivity index (χ1) is 6.83. The molecule has 1 aliphatic rings. The van der Waals surface area contributed by atoms with Gasteiger partial charge < -0.3 is 4.74 Å². The summed E-state index contributed by atoms with van der Waals surface area (Å²) in [6.07, 6.45) is 10.3. The molecule has 14 heavy (non-hydrogen) atoms. The van der Waals surface area contributed by atoms with Gasteiger partial charge in [0.15, 0.2) is 0 Å². The number of carbonyl (C=O) groups excluding carboxylic acids is 1. The van der Waals surface area contributed by atoms with Crippen molar-refractivity contribution < 1.29 is 9.53 Å². The fourth-order valence-corrected chi connectivity index (χ4v) is 1.95. The Labute approximate surface area is 87.0 Å². The summed E-state index contributed by atoms with van der Waals surface area (Å²) in [6.45, 7) is 2.21. The Kier molecular flexibility index (Phi) is 5.65. The summed E-state index contributed by atoms with van der Waals surface area (Å²) in [6, 6.07) is 0. The maximum absolute atomic E-state index is 11.2. The van der Waals surface area contributed by atoms with Gasteiger partial charge in [0.1, 0.15) is 6.10 Å². The normalized spacial score (nSPS) is 22.9. The lowest BCUT2D eigenvalue weighted by Crippen LogP contribution is -2.15. The van der Waals surface area contributed by atoms with Crippen molar-refractivity contribution >= 4 is 5.97 Å². The van der Waals surface area contributed by atoms with Gasteiger partial charge in [-0.3, -0.25) is 4.79 Å². The molecule has 0 aromatic heterocycles. The lowest BCUT2D eigenvalue weighted by atomic mass is 10.0. The third-order valence-corrected chi connectivity index (χ3v) is 2.83. The van der Waals surface area contributed by atoms with Gasteiger partial charge in [0.05, 0.1) is 0 Å². The highest BCUT2D eigenvalue weighted by Gasteiger charge is 2.17. The van der Waals surface area contributed by atoms with Gasteiger partial charge in [-0.2, -0.15) is 0 Å². The van der Waals surface area contributed by atoms with Crippen molar-refractivity contribution in [1.82, 2.24) is 0 Å². The van der Waals surface area contributed by atoms with E-state index in [1.807, 2.05) is 0 Å². The van der Waals surface area contributed by atoms with Crippen LogP contribution < -0.4 is 0 Å². The zero-order valence-corrected chi connectivity index (χ0v) is 9.26. The molecule has 0 saturated carbocycles. The third kappa shape index (κ3) is 4.64. The Morgan fingerprint density at radius 2 is 2.14 bits per heavy atom. The molecule has 0 aromatic carbocycles. The molecule has 0 amide bonds. The number of carbonyl (C=O) groups is 1. The first-order valence-corrected chi connectivity index (χ1v) is 6.02. The van der Waals surface area contributed by atoms with Gasteiger partial charge in [-0.05, 0) is 32.1 Å². The minimum atomic E-state index is 0.0167. The van der Waals surface area contributed by atoms with Crippen LogP contribution >= 0.6 is 0 Å². The van der Waals surface area contributed by atoms with Crippen LogP contribution in [0.1, 0.15) is 64.7 Å². The van der Waals surface area contributed by atoms with E-state index in [2.05, 4.69) is 6.92 Å². The Morgan fingerprint density at radius 1 is 1.29 bits per heavy atom.